The Hall–Kier alpha value is -1.55. The van der Waals surface area contributed by atoms with Gasteiger partial charge in [-0.25, -0.2) is 0 Å². The lowest BCUT2D eigenvalue weighted by atomic mass is 9.89. The highest BCUT2D eigenvalue weighted by Crippen LogP contribution is 2.19. The van der Waals surface area contributed by atoms with E-state index in [9.17, 15) is 9.90 Å². The van der Waals surface area contributed by atoms with Crippen molar-refractivity contribution in [3.8, 4) is 5.75 Å². The van der Waals surface area contributed by atoms with Gasteiger partial charge in [0, 0.05) is 6.04 Å². The summed E-state index contributed by atoms with van der Waals surface area (Å²) in [6, 6.07) is 7.59. The molecular weight excluding hydrogens is 254 g/mol. The smallest absolute Gasteiger partial charge is 0.309 e. The summed E-state index contributed by atoms with van der Waals surface area (Å²) in [5.41, 5.74) is 0.520. The molecule has 0 aliphatic carbocycles. The molecule has 0 aliphatic heterocycles. The zero-order chi connectivity index (χ0) is 15.2. The number of hydrogen-bond acceptors (Lipinski definition) is 3. The van der Waals surface area contributed by atoms with Gasteiger partial charge in [0.1, 0.15) is 5.75 Å². The lowest BCUT2D eigenvalue weighted by Crippen LogP contribution is -2.33. The van der Waals surface area contributed by atoms with E-state index in [0.717, 1.165) is 12.8 Å². The van der Waals surface area contributed by atoms with Crippen LogP contribution in [-0.4, -0.2) is 28.8 Å². The molecule has 0 saturated carbocycles. The van der Waals surface area contributed by atoms with Crippen molar-refractivity contribution in [1.82, 2.24) is 5.32 Å². The quantitative estimate of drug-likeness (QED) is 0.684. The number of aliphatic carboxylic acids is 1. The van der Waals surface area contributed by atoms with Gasteiger partial charge in [0.2, 0.25) is 0 Å². The third kappa shape index (κ3) is 5.61. The minimum absolute atomic E-state index is 0.288. The standard InChI is InChI=1S/C16H25NO3/c1-12(17-11-10-16(2,3)15(19)20)4-5-13-6-8-14(18)9-7-13/h6-9,12,17-18H,4-5,10-11H2,1-3H3,(H,19,20). The van der Waals surface area contributed by atoms with Crippen LogP contribution in [0.5, 0.6) is 5.75 Å². The van der Waals surface area contributed by atoms with Crippen LogP contribution in [0, 0.1) is 5.41 Å². The molecule has 0 fully saturated rings. The Bertz CT molecular complexity index is 426. The lowest BCUT2D eigenvalue weighted by Gasteiger charge is -2.21. The van der Waals surface area contributed by atoms with Crippen molar-refractivity contribution in [3.05, 3.63) is 29.8 Å². The summed E-state index contributed by atoms with van der Waals surface area (Å²) in [6.45, 7) is 6.31. The van der Waals surface area contributed by atoms with Crippen LogP contribution >= 0.6 is 0 Å². The van der Waals surface area contributed by atoms with E-state index < -0.39 is 11.4 Å². The van der Waals surface area contributed by atoms with Gasteiger partial charge >= 0.3 is 5.97 Å². The van der Waals surface area contributed by atoms with Gasteiger partial charge in [0.15, 0.2) is 0 Å². The Balaban J connectivity index is 2.25. The van der Waals surface area contributed by atoms with Gasteiger partial charge in [0.05, 0.1) is 5.41 Å². The first-order chi connectivity index (χ1) is 9.31. The number of aromatic hydroxyl groups is 1. The van der Waals surface area contributed by atoms with Crippen LogP contribution in [0.3, 0.4) is 0 Å². The Morgan fingerprint density at radius 3 is 2.45 bits per heavy atom. The van der Waals surface area contributed by atoms with E-state index in [2.05, 4.69) is 12.2 Å². The third-order valence-corrected chi connectivity index (χ3v) is 3.62. The van der Waals surface area contributed by atoms with Crippen LogP contribution in [0.15, 0.2) is 24.3 Å². The topological polar surface area (TPSA) is 69.6 Å². The summed E-state index contributed by atoms with van der Waals surface area (Å²) in [5.74, 6) is -0.466. The maximum absolute atomic E-state index is 11.0. The second-order valence-electron chi connectivity index (χ2n) is 6.00. The zero-order valence-electron chi connectivity index (χ0n) is 12.5. The molecule has 1 aromatic rings. The number of carboxylic acids is 1. The summed E-state index contributed by atoms with van der Waals surface area (Å²) in [4.78, 5) is 11.0. The average molecular weight is 279 g/mol. The molecule has 0 heterocycles. The molecule has 3 N–H and O–H groups in total. The van der Waals surface area contributed by atoms with E-state index in [1.807, 2.05) is 12.1 Å². The largest absolute Gasteiger partial charge is 0.508 e. The molecule has 0 saturated heterocycles. The van der Waals surface area contributed by atoms with Crippen LogP contribution in [0.25, 0.3) is 0 Å². The predicted octanol–water partition coefficient (Wildman–Crippen LogP) is 2.80. The van der Waals surface area contributed by atoms with Crippen molar-refractivity contribution >= 4 is 5.97 Å². The lowest BCUT2D eigenvalue weighted by molar-refractivity contribution is -0.147. The highest BCUT2D eigenvalue weighted by Gasteiger charge is 2.26. The van der Waals surface area contributed by atoms with E-state index in [1.54, 1.807) is 26.0 Å². The summed E-state index contributed by atoms with van der Waals surface area (Å²) in [5, 5.41) is 21.6. The fraction of sp³-hybridized carbons (Fsp3) is 0.562. The van der Waals surface area contributed by atoms with Gasteiger partial charge in [-0.15, -0.1) is 0 Å². The molecule has 1 rings (SSSR count). The Kier molecular flexibility index (Phi) is 6.02. The van der Waals surface area contributed by atoms with Crippen molar-refractivity contribution in [2.45, 2.75) is 46.1 Å². The molecular formula is C16H25NO3. The van der Waals surface area contributed by atoms with E-state index in [4.69, 9.17) is 5.11 Å². The number of aryl methyl sites for hydroxylation is 1. The molecule has 1 atom stereocenters. The molecule has 20 heavy (non-hydrogen) atoms. The second kappa shape index (κ2) is 7.29. The first kappa shape index (κ1) is 16.5. The van der Waals surface area contributed by atoms with Crippen LogP contribution in [0.1, 0.15) is 39.2 Å². The van der Waals surface area contributed by atoms with E-state index >= 15 is 0 Å². The number of hydrogen-bond donors (Lipinski definition) is 3. The van der Waals surface area contributed by atoms with Crippen LogP contribution in [0.4, 0.5) is 0 Å². The number of rotatable bonds is 8. The first-order valence-corrected chi connectivity index (χ1v) is 7.06. The summed E-state index contributed by atoms with van der Waals surface area (Å²) in [7, 11) is 0. The van der Waals surface area contributed by atoms with Crippen molar-refractivity contribution in [3.63, 3.8) is 0 Å². The van der Waals surface area contributed by atoms with Gasteiger partial charge in [-0.2, -0.15) is 0 Å². The van der Waals surface area contributed by atoms with E-state index in [1.165, 1.54) is 5.56 Å². The highest BCUT2D eigenvalue weighted by molar-refractivity contribution is 5.73. The maximum Gasteiger partial charge on any atom is 0.309 e. The molecule has 0 amide bonds. The third-order valence-electron chi connectivity index (χ3n) is 3.62. The maximum atomic E-state index is 11.0. The number of phenols is 1. The van der Waals surface area contributed by atoms with Gasteiger partial charge < -0.3 is 15.5 Å². The number of benzene rings is 1. The molecule has 4 heteroatoms. The number of carboxylic acid groups (broad SMARTS) is 1. The fourth-order valence-corrected chi connectivity index (χ4v) is 1.89. The molecule has 1 unspecified atom stereocenters. The summed E-state index contributed by atoms with van der Waals surface area (Å²) < 4.78 is 0. The SMILES string of the molecule is CC(CCc1ccc(O)cc1)NCCC(C)(C)C(=O)O. The van der Waals surface area contributed by atoms with Gasteiger partial charge in [-0.3, -0.25) is 4.79 Å². The number of nitrogens with one attached hydrogen (secondary N) is 1. The molecule has 0 aliphatic rings. The van der Waals surface area contributed by atoms with Crippen molar-refractivity contribution < 1.29 is 15.0 Å². The molecule has 0 bridgehead atoms. The molecule has 112 valence electrons. The van der Waals surface area contributed by atoms with Gasteiger partial charge in [-0.1, -0.05) is 12.1 Å². The van der Waals surface area contributed by atoms with Crippen LogP contribution in [0.2, 0.25) is 0 Å². The Labute approximate surface area is 120 Å². The van der Waals surface area contributed by atoms with Crippen molar-refractivity contribution in [2.24, 2.45) is 5.41 Å². The number of carbonyl (C=O) groups is 1. The normalized spacial score (nSPS) is 13.2. The number of phenolic OH excluding ortho intramolecular Hbond substituents is 1. The summed E-state index contributed by atoms with van der Waals surface area (Å²) in [6.07, 6.45) is 2.54. The highest BCUT2D eigenvalue weighted by atomic mass is 16.4. The minimum atomic E-state index is -0.754. The molecule has 0 aromatic heterocycles. The molecule has 0 spiro atoms. The Morgan fingerprint density at radius 2 is 1.90 bits per heavy atom. The van der Waals surface area contributed by atoms with Crippen molar-refractivity contribution in [1.29, 1.82) is 0 Å². The predicted molar refractivity (Wildman–Crippen MR) is 79.9 cm³/mol. The van der Waals surface area contributed by atoms with Crippen LogP contribution in [-0.2, 0) is 11.2 Å². The molecule has 4 nitrogen and oxygen atoms in total. The monoisotopic (exact) mass is 279 g/mol. The Morgan fingerprint density at radius 1 is 1.30 bits per heavy atom. The first-order valence-electron chi connectivity index (χ1n) is 7.06. The van der Waals surface area contributed by atoms with Crippen LogP contribution < -0.4 is 5.32 Å². The van der Waals surface area contributed by atoms with E-state index in [-0.39, 0.29) is 5.75 Å². The minimum Gasteiger partial charge on any atom is -0.508 e. The zero-order valence-corrected chi connectivity index (χ0v) is 12.5. The summed E-state index contributed by atoms with van der Waals surface area (Å²) >= 11 is 0. The van der Waals surface area contributed by atoms with Gasteiger partial charge in [0.25, 0.3) is 0 Å². The van der Waals surface area contributed by atoms with Crippen molar-refractivity contribution in [2.75, 3.05) is 6.54 Å². The molecule has 0 radical (unpaired) electrons. The fourth-order valence-electron chi connectivity index (χ4n) is 1.89. The average Bonchev–Trinajstić information content (AvgIpc) is 2.37. The van der Waals surface area contributed by atoms with E-state index in [0.29, 0.717) is 19.0 Å². The second-order valence-corrected chi connectivity index (χ2v) is 6.00. The molecule has 1 aromatic carbocycles. The van der Waals surface area contributed by atoms with Gasteiger partial charge in [-0.05, 0) is 64.3 Å².